The van der Waals surface area contributed by atoms with Gasteiger partial charge in [0.15, 0.2) is 5.82 Å². The van der Waals surface area contributed by atoms with Crippen LogP contribution in [0.1, 0.15) is 12.8 Å². The largest absolute Gasteiger partial charge is 0.489 e. The minimum atomic E-state index is -0.248. The lowest BCUT2D eigenvalue weighted by Crippen LogP contribution is -2.40. The minimum Gasteiger partial charge on any atom is -0.489 e. The topological polar surface area (TPSA) is 84.2 Å². The van der Waals surface area contributed by atoms with E-state index in [0.29, 0.717) is 5.82 Å². The standard InChI is InChI=1S/C10H16N4O2/c1-16-8-9(12-6-13-10(8)15)14-4-2-7(11)3-5-14/h6-7H,2-5,11H2,1H3,(H,12,13,15). The SMILES string of the molecule is COc1c(N2CCC(N)CC2)nc[nH]c1=O. The van der Waals surface area contributed by atoms with Crippen LogP contribution in [0.5, 0.6) is 5.75 Å². The Bertz CT molecular complexity index is 410. The van der Waals surface area contributed by atoms with Gasteiger partial charge in [-0.1, -0.05) is 0 Å². The van der Waals surface area contributed by atoms with Crippen molar-refractivity contribution in [1.82, 2.24) is 9.97 Å². The van der Waals surface area contributed by atoms with E-state index in [1.54, 1.807) is 0 Å². The van der Waals surface area contributed by atoms with Crippen molar-refractivity contribution in [2.45, 2.75) is 18.9 Å². The number of hydrogen-bond acceptors (Lipinski definition) is 5. The zero-order valence-corrected chi connectivity index (χ0v) is 9.27. The second-order valence-electron chi connectivity index (χ2n) is 3.91. The highest BCUT2D eigenvalue weighted by Crippen LogP contribution is 2.23. The molecule has 6 heteroatoms. The number of rotatable bonds is 2. The maximum absolute atomic E-state index is 11.5. The summed E-state index contributed by atoms with van der Waals surface area (Å²) in [5, 5.41) is 0. The predicted molar refractivity (Wildman–Crippen MR) is 60.8 cm³/mol. The molecule has 1 aromatic heterocycles. The number of aromatic nitrogens is 2. The fourth-order valence-electron chi connectivity index (χ4n) is 1.90. The van der Waals surface area contributed by atoms with Crippen LogP contribution in [0.2, 0.25) is 0 Å². The van der Waals surface area contributed by atoms with Crippen LogP contribution in [0.25, 0.3) is 0 Å². The average molecular weight is 224 g/mol. The van der Waals surface area contributed by atoms with E-state index in [1.807, 2.05) is 4.90 Å². The normalized spacial score (nSPS) is 17.5. The van der Waals surface area contributed by atoms with Crippen molar-refractivity contribution in [2.24, 2.45) is 5.73 Å². The fraction of sp³-hybridized carbons (Fsp3) is 0.600. The Morgan fingerprint density at radius 1 is 1.56 bits per heavy atom. The summed E-state index contributed by atoms with van der Waals surface area (Å²) >= 11 is 0. The lowest BCUT2D eigenvalue weighted by Gasteiger charge is -2.31. The average Bonchev–Trinajstić information content (AvgIpc) is 2.30. The first-order chi connectivity index (χ1) is 7.72. The minimum absolute atomic E-state index is 0.248. The molecule has 1 saturated heterocycles. The maximum Gasteiger partial charge on any atom is 0.295 e. The van der Waals surface area contributed by atoms with E-state index >= 15 is 0 Å². The summed E-state index contributed by atoms with van der Waals surface area (Å²) in [4.78, 5) is 20.2. The molecule has 3 N–H and O–H groups in total. The lowest BCUT2D eigenvalue weighted by atomic mass is 10.1. The van der Waals surface area contributed by atoms with Crippen LogP contribution in [0.15, 0.2) is 11.1 Å². The zero-order chi connectivity index (χ0) is 11.5. The van der Waals surface area contributed by atoms with E-state index in [9.17, 15) is 4.79 Å². The third kappa shape index (κ3) is 2.01. The summed E-state index contributed by atoms with van der Waals surface area (Å²) < 4.78 is 5.08. The third-order valence-electron chi connectivity index (χ3n) is 2.84. The van der Waals surface area contributed by atoms with E-state index in [-0.39, 0.29) is 17.4 Å². The van der Waals surface area contributed by atoms with Crippen LogP contribution in [-0.2, 0) is 0 Å². The number of nitrogens with one attached hydrogen (secondary N) is 1. The van der Waals surface area contributed by atoms with Crippen LogP contribution < -0.4 is 20.9 Å². The molecule has 2 rings (SSSR count). The summed E-state index contributed by atoms with van der Waals surface area (Å²) in [6.07, 6.45) is 3.23. The van der Waals surface area contributed by atoms with Crippen LogP contribution in [-0.4, -0.2) is 36.2 Å². The molecule has 0 bridgehead atoms. The second-order valence-corrected chi connectivity index (χ2v) is 3.91. The molecule has 0 aromatic carbocycles. The maximum atomic E-state index is 11.5. The van der Waals surface area contributed by atoms with Gasteiger partial charge in [-0.3, -0.25) is 4.79 Å². The van der Waals surface area contributed by atoms with E-state index in [2.05, 4.69) is 9.97 Å². The quantitative estimate of drug-likeness (QED) is 0.721. The first-order valence-corrected chi connectivity index (χ1v) is 5.34. The molecule has 0 amide bonds. The lowest BCUT2D eigenvalue weighted by molar-refractivity contribution is 0.401. The summed E-state index contributed by atoms with van der Waals surface area (Å²) in [5.41, 5.74) is 5.58. The fourth-order valence-corrected chi connectivity index (χ4v) is 1.90. The third-order valence-corrected chi connectivity index (χ3v) is 2.84. The van der Waals surface area contributed by atoms with Gasteiger partial charge in [0, 0.05) is 19.1 Å². The number of ether oxygens (including phenoxy) is 1. The summed E-state index contributed by atoms with van der Waals surface area (Å²) in [7, 11) is 1.48. The smallest absolute Gasteiger partial charge is 0.295 e. The molecule has 0 aliphatic carbocycles. The van der Waals surface area contributed by atoms with E-state index in [0.717, 1.165) is 25.9 Å². The second kappa shape index (κ2) is 4.52. The molecule has 0 spiro atoms. The Hall–Kier alpha value is -1.56. The Morgan fingerprint density at radius 2 is 2.25 bits per heavy atom. The van der Waals surface area contributed by atoms with Gasteiger partial charge < -0.3 is 20.4 Å². The molecule has 16 heavy (non-hydrogen) atoms. The molecule has 2 heterocycles. The van der Waals surface area contributed by atoms with Crippen molar-refractivity contribution < 1.29 is 4.74 Å². The van der Waals surface area contributed by atoms with Crippen LogP contribution in [0.3, 0.4) is 0 Å². The van der Waals surface area contributed by atoms with Gasteiger partial charge in [-0.25, -0.2) is 4.98 Å². The number of nitrogens with zero attached hydrogens (tertiary/aromatic N) is 2. The molecule has 1 aliphatic rings. The molecule has 88 valence electrons. The van der Waals surface area contributed by atoms with Gasteiger partial charge in [0.05, 0.1) is 13.4 Å². The van der Waals surface area contributed by atoms with Crippen LogP contribution in [0, 0.1) is 0 Å². The number of H-pyrrole nitrogens is 1. The molecule has 0 atom stereocenters. The van der Waals surface area contributed by atoms with Gasteiger partial charge in [0.25, 0.3) is 5.56 Å². The van der Waals surface area contributed by atoms with Gasteiger partial charge >= 0.3 is 0 Å². The first-order valence-electron chi connectivity index (χ1n) is 5.34. The van der Waals surface area contributed by atoms with Crippen LogP contribution >= 0.6 is 0 Å². The highest BCUT2D eigenvalue weighted by molar-refractivity contribution is 5.50. The molecule has 0 unspecified atom stereocenters. The molecule has 0 radical (unpaired) electrons. The Morgan fingerprint density at radius 3 is 2.88 bits per heavy atom. The molecule has 1 aromatic rings. The van der Waals surface area contributed by atoms with Gasteiger partial charge in [-0.05, 0) is 12.8 Å². The number of aromatic amines is 1. The number of nitrogens with two attached hydrogens (primary N) is 1. The van der Waals surface area contributed by atoms with Crippen molar-refractivity contribution in [2.75, 3.05) is 25.1 Å². The predicted octanol–water partition coefficient (Wildman–Crippen LogP) is -0.294. The van der Waals surface area contributed by atoms with Crippen LogP contribution in [0.4, 0.5) is 5.82 Å². The van der Waals surface area contributed by atoms with Crippen molar-refractivity contribution >= 4 is 5.82 Å². The van der Waals surface area contributed by atoms with Gasteiger partial charge in [0.2, 0.25) is 5.75 Å². The molecule has 1 fully saturated rings. The highest BCUT2D eigenvalue weighted by Gasteiger charge is 2.21. The first kappa shape index (κ1) is 10.9. The Labute approximate surface area is 93.4 Å². The number of piperidine rings is 1. The molecule has 0 saturated carbocycles. The molecule has 6 nitrogen and oxygen atoms in total. The molecule has 1 aliphatic heterocycles. The summed E-state index contributed by atoms with van der Waals surface area (Å²) in [6, 6.07) is 0.254. The van der Waals surface area contributed by atoms with Crippen molar-refractivity contribution in [3.05, 3.63) is 16.7 Å². The zero-order valence-electron chi connectivity index (χ0n) is 9.27. The van der Waals surface area contributed by atoms with Crippen molar-refractivity contribution in [3.8, 4) is 5.75 Å². The highest BCUT2D eigenvalue weighted by atomic mass is 16.5. The van der Waals surface area contributed by atoms with Crippen molar-refractivity contribution in [3.63, 3.8) is 0 Å². The Balaban J connectivity index is 2.26. The van der Waals surface area contributed by atoms with Gasteiger partial charge in [-0.2, -0.15) is 0 Å². The monoisotopic (exact) mass is 224 g/mol. The van der Waals surface area contributed by atoms with E-state index in [4.69, 9.17) is 10.5 Å². The van der Waals surface area contributed by atoms with Gasteiger partial charge in [-0.15, -0.1) is 0 Å². The van der Waals surface area contributed by atoms with Crippen molar-refractivity contribution in [1.29, 1.82) is 0 Å². The summed E-state index contributed by atoms with van der Waals surface area (Å²) in [6.45, 7) is 1.63. The molecular formula is C10H16N4O2. The van der Waals surface area contributed by atoms with E-state index in [1.165, 1.54) is 13.4 Å². The van der Waals surface area contributed by atoms with Gasteiger partial charge in [0.1, 0.15) is 0 Å². The number of hydrogen-bond donors (Lipinski definition) is 2. The summed E-state index contributed by atoms with van der Waals surface area (Å²) in [5.74, 6) is 0.885. The molecular weight excluding hydrogens is 208 g/mol. The van der Waals surface area contributed by atoms with E-state index < -0.39 is 0 Å². The number of anilines is 1. The number of methoxy groups -OCH3 is 1. The Kier molecular flexibility index (Phi) is 3.09.